The van der Waals surface area contributed by atoms with Gasteiger partial charge in [-0.05, 0) is 50.7 Å². The van der Waals surface area contributed by atoms with Crippen LogP contribution in [0.25, 0.3) is 0 Å². The van der Waals surface area contributed by atoms with Crippen molar-refractivity contribution >= 4 is 11.6 Å². The Morgan fingerprint density at radius 2 is 1.97 bits per heavy atom. The number of hydrogen-bond donors (Lipinski definition) is 1. The van der Waals surface area contributed by atoms with E-state index in [-0.39, 0.29) is 17.5 Å². The number of carbonyl (C=O) groups is 1. The highest BCUT2D eigenvalue weighted by Gasteiger charge is 2.25. The average Bonchev–Trinajstić information content (AvgIpc) is 3.55. The predicted molar refractivity (Wildman–Crippen MR) is 112 cm³/mol. The Morgan fingerprint density at radius 1 is 1.21 bits per heavy atom. The molecule has 1 aliphatic heterocycles. The first-order valence-corrected chi connectivity index (χ1v) is 10.5. The SMILES string of the molecule is CCOc1ccccc1C(=O)NC1CCN(c2cnn(CC3CC3)c(=O)c2)CC1. The first kappa shape index (κ1) is 19.5. The van der Waals surface area contributed by atoms with Crippen molar-refractivity contribution in [2.24, 2.45) is 5.92 Å². The molecule has 1 aromatic carbocycles. The van der Waals surface area contributed by atoms with Crippen LogP contribution >= 0.6 is 0 Å². The lowest BCUT2D eigenvalue weighted by molar-refractivity contribution is 0.0927. The van der Waals surface area contributed by atoms with Crippen molar-refractivity contribution in [3.05, 3.63) is 52.4 Å². The van der Waals surface area contributed by atoms with Gasteiger partial charge < -0.3 is 15.0 Å². The van der Waals surface area contributed by atoms with Crippen molar-refractivity contribution < 1.29 is 9.53 Å². The van der Waals surface area contributed by atoms with E-state index in [1.54, 1.807) is 23.0 Å². The highest BCUT2D eigenvalue weighted by molar-refractivity contribution is 5.97. The van der Waals surface area contributed by atoms with Crippen LogP contribution in [-0.2, 0) is 6.54 Å². The Balaban J connectivity index is 1.33. The fourth-order valence-electron chi connectivity index (χ4n) is 3.76. The number of piperidine rings is 1. The number of benzene rings is 1. The minimum Gasteiger partial charge on any atom is -0.493 e. The van der Waals surface area contributed by atoms with Crippen molar-refractivity contribution in [3.8, 4) is 5.75 Å². The maximum absolute atomic E-state index is 12.7. The summed E-state index contributed by atoms with van der Waals surface area (Å²) in [5.41, 5.74) is 1.41. The van der Waals surface area contributed by atoms with Crippen LogP contribution in [0.4, 0.5) is 5.69 Å². The monoisotopic (exact) mass is 396 g/mol. The molecule has 0 bridgehead atoms. The molecular weight excluding hydrogens is 368 g/mol. The van der Waals surface area contributed by atoms with Crippen LogP contribution in [-0.4, -0.2) is 41.4 Å². The first-order valence-electron chi connectivity index (χ1n) is 10.5. The topological polar surface area (TPSA) is 76.5 Å². The average molecular weight is 396 g/mol. The van der Waals surface area contributed by atoms with Crippen LogP contribution in [0.5, 0.6) is 5.75 Å². The summed E-state index contributed by atoms with van der Waals surface area (Å²) >= 11 is 0. The summed E-state index contributed by atoms with van der Waals surface area (Å²) in [4.78, 5) is 27.2. The van der Waals surface area contributed by atoms with Gasteiger partial charge in [-0.2, -0.15) is 5.10 Å². The number of hydrogen-bond acceptors (Lipinski definition) is 5. The number of para-hydroxylation sites is 1. The molecule has 0 atom stereocenters. The number of nitrogens with one attached hydrogen (secondary N) is 1. The van der Waals surface area contributed by atoms with E-state index in [0.717, 1.165) is 38.2 Å². The Hall–Kier alpha value is -2.83. The van der Waals surface area contributed by atoms with Gasteiger partial charge in [-0.3, -0.25) is 9.59 Å². The highest BCUT2D eigenvalue weighted by Crippen LogP contribution is 2.30. The van der Waals surface area contributed by atoms with Crippen molar-refractivity contribution in [2.75, 3.05) is 24.6 Å². The van der Waals surface area contributed by atoms with Crippen molar-refractivity contribution in [3.63, 3.8) is 0 Å². The molecule has 1 aliphatic carbocycles. The molecule has 7 heteroatoms. The number of amides is 1. The summed E-state index contributed by atoms with van der Waals surface area (Å²) in [7, 11) is 0. The number of aromatic nitrogens is 2. The normalized spacial score (nSPS) is 17.2. The summed E-state index contributed by atoms with van der Waals surface area (Å²) in [6.07, 6.45) is 5.84. The summed E-state index contributed by atoms with van der Waals surface area (Å²) in [6, 6.07) is 9.12. The molecule has 0 radical (unpaired) electrons. The minimum atomic E-state index is -0.100. The van der Waals surface area contributed by atoms with Gasteiger partial charge in [0.25, 0.3) is 11.5 Å². The van der Waals surface area contributed by atoms with Gasteiger partial charge >= 0.3 is 0 Å². The van der Waals surface area contributed by atoms with E-state index in [4.69, 9.17) is 4.74 Å². The van der Waals surface area contributed by atoms with E-state index >= 15 is 0 Å². The van der Waals surface area contributed by atoms with E-state index < -0.39 is 0 Å². The van der Waals surface area contributed by atoms with Crippen LogP contribution in [0.3, 0.4) is 0 Å². The third-order valence-electron chi connectivity index (χ3n) is 5.61. The van der Waals surface area contributed by atoms with Crippen LogP contribution in [0.2, 0.25) is 0 Å². The summed E-state index contributed by atoms with van der Waals surface area (Å²) in [6.45, 7) is 4.73. The van der Waals surface area contributed by atoms with E-state index in [1.165, 1.54) is 12.8 Å². The van der Waals surface area contributed by atoms with Gasteiger partial charge in [0.1, 0.15) is 5.75 Å². The molecular formula is C22H28N4O3. The Kier molecular flexibility index (Phi) is 5.83. The molecule has 7 nitrogen and oxygen atoms in total. The molecule has 1 aromatic heterocycles. The number of carbonyl (C=O) groups excluding carboxylic acids is 1. The zero-order valence-electron chi connectivity index (χ0n) is 16.8. The van der Waals surface area contributed by atoms with Gasteiger partial charge in [-0.15, -0.1) is 0 Å². The minimum absolute atomic E-state index is 0.0302. The van der Waals surface area contributed by atoms with Gasteiger partial charge in [-0.1, -0.05) is 12.1 Å². The fraction of sp³-hybridized carbons (Fsp3) is 0.500. The van der Waals surface area contributed by atoms with Gasteiger partial charge in [0.05, 0.1) is 24.1 Å². The van der Waals surface area contributed by atoms with E-state index in [0.29, 0.717) is 23.8 Å². The number of nitrogens with zero attached hydrogens (tertiary/aromatic N) is 3. The van der Waals surface area contributed by atoms with Crippen molar-refractivity contribution in [1.29, 1.82) is 0 Å². The van der Waals surface area contributed by atoms with Crippen molar-refractivity contribution in [1.82, 2.24) is 15.1 Å². The Morgan fingerprint density at radius 3 is 2.66 bits per heavy atom. The maximum atomic E-state index is 12.7. The third-order valence-corrected chi connectivity index (χ3v) is 5.61. The number of ether oxygens (including phenoxy) is 1. The first-order chi connectivity index (χ1) is 14.1. The van der Waals surface area contributed by atoms with Crippen molar-refractivity contribution in [2.45, 2.75) is 45.2 Å². The molecule has 154 valence electrons. The molecule has 2 aromatic rings. The van der Waals surface area contributed by atoms with Crippen LogP contribution in [0.1, 0.15) is 43.0 Å². The van der Waals surface area contributed by atoms with Crippen LogP contribution in [0, 0.1) is 5.92 Å². The molecule has 1 amide bonds. The predicted octanol–water partition coefficient (Wildman–Crippen LogP) is 2.45. The fourth-order valence-corrected chi connectivity index (χ4v) is 3.76. The summed E-state index contributed by atoms with van der Waals surface area (Å²) in [5.74, 6) is 1.14. The molecule has 0 unspecified atom stereocenters. The van der Waals surface area contributed by atoms with E-state index in [9.17, 15) is 9.59 Å². The second kappa shape index (κ2) is 8.68. The van der Waals surface area contributed by atoms with Gasteiger partial charge in [0, 0.05) is 31.7 Å². The molecule has 2 fully saturated rings. The van der Waals surface area contributed by atoms with E-state index in [2.05, 4.69) is 15.3 Å². The Bertz CT molecular complexity index is 914. The second-order valence-corrected chi connectivity index (χ2v) is 7.84. The zero-order chi connectivity index (χ0) is 20.2. The van der Waals surface area contributed by atoms with E-state index in [1.807, 2.05) is 25.1 Å². The molecule has 4 rings (SSSR count). The molecule has 1 saturated heterocycles. The summed E-state index contributed by atoms with van der Waals surface area (Å²) in [5, 5.41) is 7.47. The second-order valence-electron chi connectivity index (χ2n) is 7.84. The molecule has 29 heavy (non-hydrogen) atoms. The van der Waals surface area contributed by atoms with Gasteiger partial charge in [0.2, 0.25) is 0 Å². The number of rotatable bonds is 7. The van der Waals surface area contributed by atoms with Crippen LogP contribution in [0.15, 0.2) is 41.3 Å². The van der Waals surface area contributed by atoms with Gasteiger partial charge in [-0.25, -0.2) is 4.68 Å². The third kappa shape index (κ3) is 4.78. The lowest BCUT2D eigenvalue weighted by Gasteiger charge is -2.33. The largest absolute Gasteiger partial charge is 0.493 e. The standard InChI is InChI=1S/C22H28N4O3/c1-2-29-20-6-4-3-5-19(20)22(28)24-17-9-11-25(12-10-17)18-13-21(27)26(23-14-18)15-16-7-8-16/h3-6,13-14,16-17H,2,7-12,15H2,1H3,(H,24,28). The molecule has 1 saturated carbocycles. The Labute approximate surface area is 170 Å². The molecule has 1 N–H and O–H groups in total. The molecule has 0 spiro atoms. The lowest BCUT2D eigenvalue weighted by atomic mass is 10.0. The summed E-state index contributed by atoms with van der Waals surface area (Å²) < 4.78 is 7.14. The molecule has 2 heterocycles. The lowest BCUT2D eigenvalue weighted by Crippen LogP contribution is -2.45. The maximum Gasteiger partial charge on any atom is 0.268 e. The van der Waals surface area contributed by atoms with Gasteiger partial charge in [0.15, 0.2) is 0 Å². The quantitative estimate of drug-likeness (QED) is 0.778. The molecule has 2 aliphatic rings. The van der Waals surface area contributed by atoms with Crippen LogP contribution < -0.4 is 20.5 Å². The highest BCUT2D eigenvalue weighted by atomic mass is 16.5. The smallest absolute Gasteiger partial charge is 0.268 e. The zero-order valence-corrected chi connectivity index (χ0v) is 16.8. The number of anilines is 1.